The van der Waals surface area contributed by atoms with E-state index in [1.54, 1.807) is 0 Å². The molecule has 2 nitrogen and oxygen atoms in total. The van der Waals surface area contributed by atoms with Crippen molar-refractivity contribution in [2.45, 2.75) is 25.7 Å². The molecule has 0 atom stereocenters. The lowest BCUT2D eigenvalue weighted by Crippen LogP contribution is -2.13. The highest BCUT2D eigenvalue weighted by molar-refractivity contribution is 5.57. The lowest BCUT2D eigenvalue weighted by atomic mass is 9.91. The lowest BCUT2D eigenvalue weighted by Gasteiger charge is -2.27. The van der Waals surface area contributed by atoms with E-state index in [9.17, 15) is 0 Å². The Morgan fingerprint density at radius 1 is 0.773 bits per heavy atom. The minimum atomic E-state index is 0.931. The molecule has 3 aliphatic rings. The Morgan fingerprint density at radius 2 is 1.64 bits per heavy atom. The molecule has 108 valence electrons. The summed E-state index contributed by atoms with van der Waals surface area (Å²) in [6.07, 6.45) is 8.43. The molecular formula is C20H16O2. The van der Waals surface area contributed by atoms with Gasteiger partial charge in [0.1, 0.15) is 23.0 Å². The van der Waals surface area contributed by atoms with Crippen molar-refractivity contribution in [3.05, 3.63) is 76.6 Å². The van der Waals surface area contributed by atoms with Gasteiger partial charge in [-0.1, -0.05) is 30.4 Å². The van der Waals surface area contributed by atoms with Crippen LogP contribution in [0.25, 0.3) is 0 Å². The van der Waals surface area contributed by atoms with Crippen LogP contribution in [0.15, 0.2) is 59.9 Å². The second-order valence-electron chi connectivity index (χ2n) is 6.12. The quantitative estimate of drug-likeness (QED) is 0.584. The molecule has 2 heteroatoms. The Bertz CT molecular complexity index is 843. The van der Waals surface area contributed by atoms with Gasteiger partial charge in [0, 0.05) is 25.3 Å². The highest BCUT2D eigenvalue weighted by Gasteiger charge is 2.24. The van der Waals surface area contributed by atoms with Gasteiger partial charge in [0.2, 0.25) is 0 Å². The highest BCUT2D eigenvalue weighted by atomic mass is 16.5. The molecule has 0 N–H and O–H groups in total. The van der Waals surface area contributed by atoms with Gasteiger partial charge in [-0.25, -0.2) is 0 Å². The van der Waals surface area contributed by atoms with E-state index in [1.807, 2.05) is 12.1 Å². The number of fused-ring (bicyclic) bond motifs is 3. The summed E-state index contributed by atoms with van der Waals surface area (Å²) in [5, 5.41) is 0. The molecule has 0 radical (unpaired) electrons. The van der Waals surface area contributed by atoms with E-state index in [-0.39, 0.29) is 0 Å². The predicted molar refractivity (Wildman–Crippen MR) is 85.5 cm³/mol. The lowest BCUT2D eigenvalue weighted by molar-refractivity contribution is 0.376. The largest absolute Gasteiger partial charge is 0.461 e. The molecule has 0 unspecified atom stereocenters. The standard InChI is InChI=1S/C20H16O2/c1-3-7-17-13(5-1)9-15-11-16-10-14-6-2-4-8-18(14)22-20(16)12-19(15)21-17/h1-3,5-7,11-12H,4,8-10H2. The van der Waals surface area contributed by atoms with E-state index in [0.29, 0.717) is 0 Å². The summed E-state index contributed by atoms with van der Waals surface area (Å²) in [5.41, 5.74) is 5.11. The number of ether oxygens (including phenoxy) is 2. The van der Waals surface area contributed by atoms with Crippen LogP contribution in [0.2, 0.25) is 0 Å². The molecule has 0 bridgehead atoms. The van der Waals surface area contributed by atoms with Crippen molar-refractivity contribution >= 4 is 0 Å². The Kier molecular flexibility index (Phi) is 2.48. The van der Waals surface area contributed by atoms with Crippen LogP contribution in [0.5, 0.6) is 17.2 Å². The van der Waals surface area contributed by atoms with Crippen LogP contribution >= 0.6 is 0 Å². The van der Waals surface area contributed by atoms with Gasteiger partial charge >= 0.3 is 0 Å². The third kappa shape index (κ3) is 1.80. The molecule has 0 aromatic heterocycles. The molecule has 2 heterocycles. The van der Waals surface area contributed by atoms with Crippen molar-refractivity contribution in [1.82, 2.24) is 0 Å². The number of benzene rings is 2. The Labute approximate surface area is 129 Å². The minimum Gasteiger partial charge on any atom is -0.461 e. The van der Waals surface area contributed by atoms with Gasteiger partial charge in [-0.3, -0.25) is 0 Å². The Balaban J connectivity index is 1.57. The van der Waals surface area contributed by atoms with Gasteiger partial charge in [0.15, 0.2) is 0 Å². The predicted octanol–water partition coefficient (Wildman–Crippen LogP) is 4.92. The van der Waals surface area contributed by atoms with Gasteiger partial charge in [-0.15, -0.1) is 0 Å². The molecule has 2 aliphatic heterocycles. The fourth-order valence-corrected chi connectivity index (χ4v) is 3.50. The van der Waals surface area contributed by atoms with Crippen molar-refractivity contribution in [1.29, 1.82) is 0 Å². The maximum Gasteiger partial charge on any atom is 0.134 e. The number of hydrogen-bond donors (Lipinski definition) is 0. The molecule has 0 saturated heterocycles. The van der Waals surface area contributed by atoms with Gasteiger partial charge in [-0.05, 0) is 40.8 Å². The van der Waals surface area contributed by atoms with Crippen LogP contribution in [0.4, 0.5) is 0 Å². The van der Waals surface area contributed by atoms with E-state index in [2.05, 4.69) is 36.4 Å². The number of allylic oxidation sites excluding steroid dienone is 4. The zero-order valence-corrected chi connectivity index (χ0v) is 12.3. The zero-order chi connectivity index (χ0) is 14.5. The summed E-state index contributed by atoms with van der Waals surface area (Å²) in [5.74, 6) is 4.00. The van der Waals surface area contributed by atoms with Crippen LogP contribution in [0.3, 0.4) is 0 Å². The van der Waals surface area contributed by atoms with Crippen molar-refractivity contribution in [2.24, 2.45) is 0 Å². The summed E-state index contributed by atoms with van der Waals surface area (Å²) in [6.45, 7) is 0. The molecule has 1 aliphatic carbocycles. The van der Waals surface area contributed by atoms with Crippen molar-refractivity contribution < 1.29 is 9.47 Å². The summed E-state index contributed by atoms with van der Waals surface area (Å²) in [6, 6.07) is 12.6. The first kappa shape index (κ1) is 12.1. The average molecular weight is 288 g/mol. The van der Waals surface area contributed by atoms with Crippen LogP contribution < -0.4 is 9.47 Å². The van der Waals surface area contributed by atoms with E-state index in [4.69, 9.17) is 9.47 Å². The second kappa shape index (κ2) is 4.51. The molecule has 2 aromatic rings. The summed E-state index contributed by atoms with van der Waals surface area (Å²) < 4.78 is 12.2. The van der Waals surface area contributed by atoms with Crippen LogP contribution in [-0.4, -0.2) is 0 Å². The monoisotopic (exact) mass is 288 g/mol. The third-order valence-electron chi connectivity index (χ3n) is 4.65. The number of para-hydroxylation sites is 1. The Hall–Kier alpha value is -2.48. The van der Waals surface area contributed by atoms with Gasteiger partial charge < -0.3 is 9.47 Å². The van der Waals surface area contributed by atoms with Gasteiger partial charge in [0.25, 0.3) is 0 Å². The van der Waals surface area contributed by atoms with E-state index in [1.165, 1.54) is 22.3 Å². The molecule has 5 rings (SSSR count). The van der Waals surface area contributed by atoms with Gasteiger partial charge in [0.05, 0.1) is 0 Å². The summed E-state index contributed by atoms with van der Waals surface area (Å²) >= 11 is 0. The average Bonchev–Trinajstić information content (AvgIpc) is 2.56. The molecule has 0 saturated carbocycles. The molecule has 0 spiro atoms. The minimum absolute atomic E-state index is 0.931. The van der Waals surface area contributed by atoms with Crippen molar-refractivity contribution in [3.8, 4) is 17.2 Å². The summed E-state index contributed by atoms with van der Waals surface area (Å²) in [4.78, 5) is 0. The smallest absolute Gasteiger partial charge is 0.134 e. The first-order valence-corrected chi connectivity index (χ1v) is 7.85. The van der Waals surface area contributed by atoms with Gasteiger partial charge in [-0.2, -0.15) is 0 Å². The SMILES string of the molecule is C1=CC2=C(CC1)Oc1cc3c(cc1C2)Cc1ccccc1O3. The number of rotatable bonds is 0. The highest BCUT2D eigenvalue weighted by Crippen LogP contribution is 2.43. The maximum absolute atomic E-state index is 6.14. The molecule has 0 amide bonds. The fourth-order valence-electron chi connectivity index (χ4n) is 3.50. The number of hydrogen-bond acceptors (Lipinski definition) is 2. The molecule has 2 aromatic carbocycles. The molecule has 0 fully saturated rings. The fraction of sp³-hybridized carbons (Fsp3) is 0.200. The van der Waals surface area contributed by atoms with E-state index < -0.39 is 0 Å². The van der Waals surface area contributed by atoms with Crippen molar-refractivity contribution in [2.75, 3.05) is 0 Å². The maximum atomic E-state index is 6.14. The van der Waals surface area contributed by atoms with Crippen molar-refractivity contribution in [3.63, 3.8) is 0 Å². The molecular weight excluding hydrogens is 272 g/mol. The van der Waals surface area contributed by atoms with E-state index >= 15 is 0 Å². The normalized spacial score (nSPS) is 17.6. The van der Waals surface area contributed by atoms with Crippen LogP contribution in [0, 0.1) is 0 Å². The van der Waals surface area contributed by atoms with Crippen LogP contribution in [-0.2, 0) is 12.8 Å². The van der Waals surface area contributed by atoms with E-state index in [0.717, 1.165) is 48.7 Å². The summed E-state index contributed by atoms with van der Waals surface area (Å²) in [7, 11) is 0. The zero-order valence-electron chi connectivity index (χ0n) is 12.3. The van der Waals surface area contributed by atoms with Crippen LogP contribution in [0.1, 0.15) is 29.5 Å². The third-order valence-corrected chi connectivity index (χ3v) is 4.65. The molecule has 22 heavy (non-hydrogen) atoms. The Morgan fingerprint density at radius 3 is 2.64 bits per heavy atom. The first-order chi connectivity index (χ1) is 10.9. The topological polar surface area (TPSA) is 18.5 Å². The first-order valence-electron chi connectivity index (χ1n) is 7.85. The second-order valence-corrected chi connectivity index (χ2v) is 6.12.